The van der Waals surface area contributed by atoms with Crippen molar-refractivity contribution < 1.29 is 8.98 Å². The summed E-state index contributed by atoms with van der Waals surface area (Å²) in [5.74, 6) is 0.605. The summed E-state index contributed by atoms with van der Waals surface area (Å²) in [6.07, 6.45) is 12.1. The van der Waals surface area contributed by atoms with Crippen LogP contribution in [-0.4, -0.2) is 12.0 Å². The molecule has 0 atom stereocenters. The second-order valence-corrected chi connectivity index (χ2v) is 5.78. The fourth-order valence-electron chi connectivity index (χ4n) is 2.87. The largest absolute Gasteiger partial charge is 0.411 e. The number of anilines is 1. The lowest BCUT2D eigenvalue weighted by Gasteiger charge is -2.23. The van der Waals surface area contributed by atoms with Crippen LogP contribution in [0.1, 0.15) is 18.9 Å². The molecule has 2 aromatic heterocycles. The van der Waals surface area contributed by atoms with E-state index in [4.69, 9.17) is 4.42 Å². The number of benzene rings is 1. The van der Waals surface area contributed by atoms with E-state index in [-0.39, 0.29) is 7.43 Å². The van der Waals surface area contributed by atoms with Crippen molar-refractivity contribution in [2.45, 2.75) is 7.43 Å². The van der Waals surface area contributed by atoms with Crippen LogP contribution < -0.4 is 9.47 Å². The highest BCUT2D eigenvalue weighted by Gasteiger charge is 2.14. The van der Waals surface area contributed by atoms with Gasteiger partial charge in [-0.15, -0.1) is 0 Å². The van der Waals surface area contributed by atoms with E-state index >= 15 is 0 Å². The van der Waals surface area contributed by atoms with Crippen molar-refractivity contribution in [2.75, 3.05) is 11.9 Å². The van der Waals surface area contributed by atoms with E-state index in [9.17, 15) is 0 Å². The molecule has 4 nitrogen and oxygen atoms in total. The van der Waals surface area contributed by atoms with Crippen LogP contribution in [0.15, 0.2) is 71.4 Å². The molecule has 0 unspecified atom stereocenters. The highest BCUT2D eigenvalue weighted by atomic mass is 16.3. The van der Waals surface area contributed by atoms with Gasteiger partial charge >= 0.3 is 11.5 Å². The summed E-state index contributed by atoms with van der Waals surface area (Å²) in [6, 6.07) is 12.2. The van der Waals surface area contributed by atoms with Crippen LogP contribution in [-0.2, 0) is 7.05 Å². The van der Waals surface area contributed by atoms with Gasteiger partial charge in [0, 0.05) is 35.6 Å². The van der Waals surface area contributed by atoms with Crippen LogP contribution in [0, 0.1) is 0 Å². The summed E-state index contributed by atoms with van der Waals surface area (Å²) in [5, 5.41) is 0. The smallest absolute Gasteiger partial charge is 0.370 e. The van der Waals surface area contributed by atoms with E-state index in [0.717, 1.165) is 11.2 Å². The Labute approximate surface area is 148 Å². The zero-order valence-corrected chi connectivity index (χ0v) is 13.7. The van der Waals surface area contributed by atoms with Gasteiger partial charge in [0.1, 0.15) is 0 Å². The number of pyridine rings is 1. The lowest BCUT2D eigenvalue weighted by atomic mass is 10.00. The Balaban J connectivity index is 0.00000182. The third kappa shape index (κ3) is 3.11. The van der Waals surface area contributed by atoms with E-state index < -0.39 is 0 Å². The van der Waals surface area contributed by atoms with E-state index in [1.54, 1.807) is 0 Å². The number of nitrogens with zero attached hydrogens (tertiary/aromatic N) is 3. The Bertz CT molecular complexity index is 995. The summed E-state index contributed by atoms with van der Waals surface area (Å²) >= 11 is 0. The molecule has 1 aliphatic heterocycles. The molecule has 0 fully saturated rings. The average molecular weight is 332 g/mol. The highest BCUT2D eigenvalue weighted by molar-refractivity contribution is 5.87. The Hall–Kier alpha value is -3.14. The summed E-state index contributed by atoms with van der Waals surface area (Å²) in [7, 11) is 4.01. The van der Waals surface area contributed by atoms with Crippen molar-refractivity contribution in [1.29, 1.82) is 0 Å². The molecule has 126 valence electrons. The molecule has 3 heterocycles. The first kappa shape index (κ1) is 16.7. The second kappa shape index (κ2) is 6.77. The fraction of sp³-hybridized carbons (Fsp3) is 0.143. The van der Waals surface area contributed by atoms with Crippen LogP contribution in [0.4, 0.5) is 5.69 Å². The Kier molecular flexibility index (Phi) is 4.52. The van der Waals surface area contributed by atoms with Crippen LogP contribution in [0.25, 0.3) is 22.9 Å². The summed E-state index contributed by atoms with van der Waals surface area (Å²) < 4.78 is 7.70. The quantitative estimate of drug-likeness (QED) is 0.654. The number of para-hydroxylation sites is 1. The molecule has 0 bridgehead atoms. The summed E-state index contributed by atoms with van der Waals surface area (Å²) in [6.45, 7) is 0. The summed E-state index contributed by atoms with van der Waals surface area (Å²) in [4.78, 5) is 6.63. The first-order valence-corrected chi connectivity index (χ1v) is 7.86. The average Bonchev–Trinajstić information content (AvgIpc) is 3.02. The van der Waals surface area contributed by atoms with Gasteiger partial charge in [-0.3, -0.25) is 0 Å². The molecule has 0 N–H and O–H groups in total. The minimum Gasteiger partial charge on any atom is -0.411 e. The molecule has 0 aliphatic carbocycles. The van der Waals surface area contributed by atoms with Crippen LogP contribution in [0.2, 0.25) is 0 Å². The Morgan fingerprint density at radius 3 is 2.84 bits per heavy atom. The van der Waals surface area contributed by atoms with Crippen molar-refractivity contribution in [1.82, 2.24) is 4.98 Å². The van der Waals surface area contributed by atoms with Gasteiger partial charge in [-0.2, -0.15) is 0 Å². The normalized spacial score (nSPS) is 15.0. The van der Waals surface area contributed by atoms with Crippen LogP contribution in [0.5, 0.6) is 0 Å². The minimum atomic E-state index is 0. The van der Waals surface area contributed by atoms with Crippen molar-refractivity contribution in [3.05, 3.63) is 78.5 Å². The zero-order valence-electron chi connectivity index (χ0n) is 13.7. The molecule has 4 heteroatoms. The number of hydrogen-bond acceptors (Lipinski definition) is 3. The molecular formula is C21H22N3O+. The topological polar surface area (TPSA) is 33.2 Å². The number of allylic oxidation sites excluding steroid dienone is 4. The third-order valence-corrected chi connectivity index (χ3v) is 4.13. The van der Waals surface area contributed by atoms with Gasteiger partial charge in [0.15, 0.2) is 0 Å². The van der Waals surface area contributed by atoms with Gasteiger partial charge in [0.2, 0.25) is 5.58 Å². The van der Waals surface area contributed by atoms with Crippen molar-refractivity contribution in [3.63, 3.8) is 0 Å². The maximum Gasteiger partial charge on any atom is 0.370 e. The number of oxazole rings is 1. The van der Waals surface area contributed by atoms with Crippen LogP contribution in [0.3, 0.4) is 0 Å². The molecule has 0 spiro atoms. The molecule has 3 aromatic rings. The van der Waals surface area contributed by atoms with Gasteiger partial charge in [-0.05, 0) is 29.8 Å². The van der Waals surface area contributed by atoms with Gasteiger partial charge in [-0.1, -0.05) is 37.8 Å². The number of aromatic nitrogens is 2. The lowest BCUT2D eigenvalue weighted by molar-refractivity contribution is -0.646. The highest BCUT2D eigenvalue weighted by Crippen LogP contribution is 2.31. The monoisotopic (exact) mass is 332 g/mol. The van der Waals surface area contributed by atoms with Crippen molar-refractivity contribution >= 4 is 28.6 Å². The number of hydrogen-bond donors (Lipinski definition) is 0. The molecule has 1 aliphatic rings. The van der Waals surface area contributed by atoms with Gasteiger partial charge < -0.3 is 9.32 Å². The van der Waals surface area contributed by atoms with Gasteiger partial charge in [0.25, 0.3) is 0 Å². The third-order valence-electron chi connectivity index (χ3n) is 4.13. The number of aryl methyl sites for hydroxylation is 1. The Morgan fingerprint density at radius 1 is 1.16 bits per heavy atom. The molecular weight excluding hydrogens is 310 g/mol. The zero-order chi connectivity index (χ0) is 16.5. The van der Waals surface area contributed by atoms with Gasteiger partial charge in [-0.25, -0.2) is 4.57 Å². The van der Waals surface area contributed by atoms with Crippen molar-refractivity contribution in [2.24, 2.45) is 7.05 Å². The molecule has 0 radical (unpaired) electrons. The molecule has 25 heavy (non-hydrogen) atoms. The van der Waals surface area contributed by atoms with E-state index in [0.29, 0.717) is 5.89 Å². The summed E-state index contributed by atoms with van der Waals surface area (Å²) in [5.41, 5.74) is 5.22. The number of fused-ring (bicyclic) bond motifs is 2. The molecule has 0 saturated heterocycles. The van der Waals surface area contributed by atoms with E-state index in [1.165, 1.54) is 16.8 Å². The maximum atomic E-state index is 5.75. The SMILES string of the molecule is C.CN1C=C/C(=C\C=C\c2nc3c(ccc[n+]3C)o2)c2ccccc21. The van der Waals surface area contributed by atoms with Crippen molar-refractivity contribution in [3.8, 4) is 0 Å². The molecule has 0 saturated carbocycles. The molecule has 4 rings (SSSR count). The minimum absolute atomic E-state index is 0. The fourth-order valence-corrected chi connectivity index (χ4v) is 2.87. The first-order valence-electron chi connectivity index (χ1n) is 7.86. The lowest BCUT2D eigenvalue weighted by Crippen LogP contribution is -2.27. The molecule has 0 amide bonds. The second-order valence-electron chi connectivity index (χ2n) is 5.78. The van der Waals surface area contributed by atoms with Crippen LogP contribution >= 0.6 is 0 Å². The standard InChI is InChI=1S/C20H18N3O.CH4/c1-22-14-12-15(16-8-3-4-9-17(16)22)7-5-11-19-21-20-18(24-19)10-6-13-23(20)2;/h3-14H,1-2H3;1H4/q+1;. The van der Waals surface area contributed by atoms with E-state index in [1.807, 2.05) is 42.1 Å². The number of rotatable bonds is 2. The maximum absolute atomic E-state index is 5.75. The first-order chi connectivity index (χ1) is 11.7. The molecule has 1 aromatic carbocycles. The Morgan fingerprint density at radius 2 is 2.00 bits per heavy atom. The predicted molar refractivity (Wildman–Crippen MR) is 103 cm³/mol. The predicted octanol–water partition coefficient (Wildman–Crippen LogP) is 4.35. The van der Waals surface area contributed by atoms with Gasteiger partial charge in [0.05, 0.1) is 13.2 Å². The van der Waals surface area contributed by atoms with E-state index in [2.05, 4.69) is 59.5 Å².